The Balaban J connectivity index is 1.95. The summed E-state index contributed by atoms with van der Waals surface area (Å²) in [5.74, 6) is -0.188. The number of halogens is 3. The molecule has 116 valence electrons. The molecule has 0 atom stereocenters. The lowest BCUT2D eigenvalue weighted by molar-refractivity contribution is -0.113. The molecule has 0 radical (unpaired) electrons. The van der Waals surface area contributed by atoms with E-state index in [-0.39, 0.29) is 5.91 Å². The maximum Gasteiger partial charge on any atom is 0.270 e. The van der Waals surface area contributed by atoms with E-state index in [1.807, 2.05) is 30.3 Å². The van der Waals surface area contributed by atoms with Crippen molar-refractivity contribution in [2.45, 2.75) is 0 Å². The first-order valence-electron chi connectivity index (χ1n) is 6.44. The molecule has 0 aliphatic carbocycles. The molecule has 1 saturated heterocycles. The van der Waals surface area contributed by atoms with Gasteiger partial charge in [0.15, 0.2) is 4.32 Å². The molecule has 0 aromatic heterocycles. The van der Waals surface area contributed by atoms with Gasteiger partial charge in [0, 0.05) is 9.50 Å². The first-order chi connectivity index (χ1) is 11.0. The van der Waals surface area contributed by atoms with Crippen LogP contribution in [0.1, 0.15) is 5.56 Å². The topological polar surface area (TPSA) is 20.3 Å². The highest BCUT2D eigenvalue weighted by atomic mass is 79.9. The Morgan fingerprint density at radius 3 is 2.48 bits per heavy atom. The average molecular weight is 445 g/mol. The summed E-state index contributed by atoms with van der Waals surface area (Å²) in [6, 6.07) is 12.6. The van der Waals surface area contributed by atoms with Gasteiger partial charge in [-0.1, -0.05) is 75.2 Å². The number of nitrogens with zero attached hydrogens (tertiary/aromatic N) is 1. The quantitative estimate of drug-likeness (QED) is 0.408. The van der Waals surface area contributed by atoms with Crippen molar-refractivity contribution >= 4 is 85.1 Å². The summed E-state index contributed by atoms with van der Waals surface area (Å²) in [7, 11) is 0. The second kappa shape index (κ2) is 6.95. The number of carbonyl (C=O) groups excluding carboxylic acids is 1. The third-order valence-corrected chi connectivity index (χ3v) is 5.48. The van der Waals surface area contributed by atoms with Crippen molar-refractivity contribution in [1.82, 2.24) is 0 Å². The summed E-state index contributed by atoms with van der Waals surface area (Å²) in [4.78, 5) is 14.7. The number of carbonyl (C=O) groups is 1. The summed E-state index contributed by atoms with van der Waals surface area (Å²) in [5.41, 5.74) is 1.47. The minimum absolute atomic E-state index is 0.188. The highest BCUT2D eigenvalue weighted by molar-refractivity contribution is 9.10. The third kappa shape index (κ3) is 3.64. The molecule has 0 unspecified atom stereocenters. The summed E-state index contributed by atoms with van der Waals surface area (Å²) >= 11 is 22.1. The largest absolute Gasteiger partial charge is 0.270 e. The van der Waals surface area contributed by atoms with Crippen molar-refractivity contribution in [2.75, 3.05) is 4.90 Å². The van der Waals surface area contributed by atoms with Crippen LogP contribution < -0.4 is 4.90 Å². The summed E-state index contributed by atoms with van der Waals surface area (Å²) in [6.45, 7) is 0. The molecule has 0 saturated carbocycles. The normalized spacial score (nSPS) is 16.5. The lowest BCUT2D eigenvalue weighted by atomic mass is 10.2. The standard InChI is InChI=1S/C16H8BrCl2NOS2/c17-10-3-1-9(2-4-10)7-14-15(21)20(16(22)23-14)13-6-5-11(18)8-12(13)19/h1-8H/b14-7+. The van der Waals surface area contributed by atoms with E-state index in [2.05, 4.69) is 15.9 Å². The molecular weight excluding hydrogens is 437 g/mol. The Morgan fingerprint density at radius 2 is 1.83 bits per heavy atom. The number of hydrogen-bond donors (Lipinski definition) is 0. The zero-order chi connectivity index (χ0) is 16.6. The van der Waals surface area contributed by atoms with E-state index in [4.69, 9.17) is 35.4 Å². The first kappa shape index (κ1) is 17.0. The molecule has 7 heteroatoms. The minimum Gasteiger partial charge on any atom is -0.268 e. The number of hydrogen-bond acceptors (Lipinski definition) is 3. The summed E-state index contributed by atoms with van der Waals surface area (Å²) in [6.07, 6.45) is 1.82. The van der Waals surface area contributed by atoms with Gasteiger partial charge in [0.1, 0.15) is 0 Å². The van der Waals surface area contributed by atoms with Gasteiger partial charge in [0.25, 0.3) is 5.91 Å². The second-order valence-electron chi connectivity index (χ2n) is 4.66. The van der Waals surface area contributed by atoms with E-state index in [9.17, 15) is 4.79 Å². The fourth-order valence-corrected chi connectivity index (χ4v) is 4.09. The predicted molar refractivity (Wildman–Crippen MR) is 106 cm³/mol. The minimum atomic E-state index is -0.188. The highest BCUT2D eigenvalue weighted by Gasteiger charge is 2.34. The molecule has 0 bridgehead atoms. The fourth-order valence-electron chi connectivity index (χ4n) is 2.05. The van der Waals surface area contributed by atoms with Gasteiger partial charge >= 0.3 is 0 Å². The molecule has 1 aliphatic heterocycles. The van der Waals surface area contributed by atoms with Crippen LogP contribution in [0.25, 0.3) is 6.08 Å². The lowest BCUT2D eigenvalue weighted by Crippen LogP contribution is -2.27. The number of benzene rings is 2. The average Bonchev–Trinajstić information content (AvgIpc) is 2.77. The fraction of sp³-hybridized carbons (Fsp3) is 0. The molecule has 23 heavy (non-hydrogen) atoms. The van der Waals surface area contributed by atoms with E-state index in [0.717, 1.165) is 10.0 Å². The Morgan fingerprint density at radius 1 is 1.13 bits per heavy atom. The number of thioether (sulfide) groups is 1. The van der Waals surface area contributed by atoms with Gasteiger partial charge in [-0.15, -0.1) is 0 Å². The summed E-state index contributed by atoms with van der Waals surface area (Å²) in [5, 5.41) is 0.897. The van der Waals surface area contributed by atoms with Gasteiger partial charge in [-0.25, -0.2) is 0 Å². The van der Waals surface area contributed by atoms with Gasteiger partial charge in [0.2, 0.25) is 0 Å². The molecule has 2 aromatic carbocycles. The van der Waals surface area contributed by atoms with Crippen LogP contribution in [0.2, 0.25) is 10.0 Å². The first-order valence-corrected chi connectivity index (χ1v) is 9.21. The third-order valence-electron chi connectivity index (χ3n) is 3.11. The number of rotatable bonds is 2. The van der Waals surface area contributed by atoms with Gasteiger partial charge in [-0.05, 0) is 42.0 Å². The molecule has 3 rings (SSSR count). The maximum absolute atomic E-state index is 12.7. The van der Waals surface area contributed by atoms with Gasteiger partial charge in [-0.2, -0.15) is 0 Å². The van der Waals surface area contributed by atoms with Crippen molar-refractivity contribution in [2.24, 2.45) is 0 Å². The van der Waals surface area contributed by atoms with Crippen LogP contribution >= 0.6 is 63.1 Å². The van der Waals surface area contributed by atoms with E-state index in [1.54, 1.807) is 18.2 Å². The van der Waals surface area contributed by atoms with Crippen LogP contribution in [0.3, 0.4) is 0 Å². The maximum atomic E-state index is 12.7. The molecule has 1 fully saturated rings. The van der Waals surface area contributed by atoms with Gasteiger partial charge in [-0.3, -0.25) is 9.69 Å². The van der Waals surface area contributed by atoms with Crippen LogP contribution in [-0.2, 0) is 4.79 Å². The van der Waals surface area contributed by atoms with Crippen molar-refractivity contribution in [1.29, 1.82) is 0 Å². The van der Waals surface area contributed by atoms with Crippen LogP contribution in [0, 0.1) is 0 Å². The molecule has 1 heterocycles. The molecule has 2 nitrogen and oxygen atoms in total. The molecular formula is C16H8BrCl2NOS2. The zero-order valence-corrected chi connectivity index (χ0v) is 16.2. The van der Waals surface area contributed by atoms with Crippen molar-refractivity contribution in [3.8, 4) is 0 Å². The lowest BCUT2D eigenvalue weighted by Gasteiger charge is -2.16. The highest BCUT2D eigenvalue weighted by Crippen LogP contribution is 2.39. The second-order valence-corrected chi connectivity index (χ2v) is 8.10. The van der Waals surface area contributed by atoms with Gasteiger partial charge < -0.3 is 0 Å². The summed E-state index contributed by atoms with van der Waals surface area (Å²) < 4.78 is 1.43. The number of anilines is 1. The molecule has 0 spiro atoms. The van der Waals surface area contributed by atoms with Crippen LogP contribution in [0.5, 0.6) is 0 Å². The molecule has 0 N–H and O–H groups in total. The zero-order valence-electron chi connectivity index (χ0n) is 11.4. The van der Waals surface area contributed by atoms with Crippen molar-refractivity contribution in [3.05, 3.63) is 67.5 Å². The van der Waals surface area contributed by atoms with Crippen molar-refractivity contribution < 1.29 is 4.79 Å². The Labute approximate surface area is 161 Å². The monoisotopic (exact) mass is 443 g/mol. The predicted octanol–water partition coefficient (Wildman–Crippen LogP) is 6.16. The molecule has 1 amide bonds. The SMILES string of the molecule is O=C1/C(=C\c2ccc(Br)cc2)SC(=S)N1c1ccc(Cl)cc1Cl. The van der Waals surface area contributed by atoms with Crippen LogP contribution in [0.4, 0.5) is 5.69 Å². The molecule has 1 aliphatic rings. The smallest absolute Gasteiger partial charge is 0.268 e. The van der Waals surface area contributed by atoms with Crippen molar-refractivity contribution in [3.63, 3.8) is 0 Å². The van der Waals surface area contributed by atoms with E-state index >= 15 is 0 Å². The van der Waals surface area contributed by atoms with E-state index in [0.29, 0.717) is 25.0 Å². The number of amides is 1. The van der Waals surface area contributed by atoms with Crippen LogP contribution in [0.15, 0.2) is 51.8 Å². The Bertz CT molecular complexity index is 836. The number of thiocarbonyl (C=S) groups is 1. The van der Waals surface area contributed by atoms with Gasteiger partial charge in [0.05, 0.1) is 15.6 Å². The molecule has 2 aromatic rings. The van der Waals surface area contributed by atoms with Crippen LogP contribution in [-0.4, -0.2) is 10.2 Å². The Kier molecular flexibility index (Phi) is 5.13. The Hall–Kier alpha value is -0.850. The van der Waals surface area contributed by atoms with E-state index < -0.39 is 0 Å². The van der Waals surface area contributed by atoms with E-state index in [1.165, 1.54) is 16.7 Å².